The van der Waals surface area contributed by atoms with Crippen LogP contribution in [0.3, 0.4) is 0 Å². The van der Waals surface area contributed by atoms with E-state index in [4.69, 9.17) is 4.74 Å². The van der Waals surface area contributed by atoms with Crippen LogP contribution >= 0.6 is 0 Å². The van der Waals surface area contributed by atoms with Crippen LogP contribution in [-0.2, 0) is 12.8 Å². The Morgan fingerprint density at radius 2 is 1.94 bits per heavy atom. The SMILES string of the molecule is Cc1ncccc1Oc1cccc2c1CCC2. The Hall–Kier alpha value is -1.83. The van der Waals surface area contributed by atoms with Crippen molar-refractivity contribution in [3.8, 4) is 11.5 Å². The smallest absolute Gasteiger partial charge is 0.148 e. The molecule has 1 aromatic heterocycles. The molecule has 0 bridgehead atoms. The van der Waals surface area contributed by atoms with Gasteiger partial charge in [-0.1, -0.05) is 12.1 Å². The minimum atomic E-state index is 0.854. The van der Waals surface area contributed by atoms with Crippen LogP contribution in [0.25, 0.3) is 0 Å². The summed E-state index contributed by atoms with van der Waals surface area (Å²) >= 11 is 0. The highest BCUT2D eigenvalue weighted by Gasteiger charge is 2.16. The lowest BCUT2D eigenvalue weighted by atomic mass is 10.1. The lowest BCUT2D eigenvalue weighted by Gasteiger charge is -2.11. The number of rotatable bonds is 2. The highest BCUT2D eigenvalue weighted by Crippen LogP contribution is 2.33. The normalized spacial score (nSPS) is 13.5. The molecule has 17 heavy (non-hydrogen) atoms. The van der Waals surface area contributed by atoms with Crippen LogP contribution < -0.4 is 4.74 Å². The van der Waals surface area contributed by atoms with Crippen LogP contribution in [0.1, 0.15) is 23.2 Å². The maximum Gasteiger partial charge on any atom is 0.148 e. The zero-order chi connectivity index (χ0) is 11.7. The van der Waals surface area contributed by atoms with Crippen LogP contribution in [0.15, 0.2) is 36.5 Å². The van der Waals surface area contributed by atoms with E-state index in [-0.39, 0.29) is 0 Å². The van der Waals surface area contributed by atoms with Crippen molar-refractivity contribution in [2.45, 2.75) is 26.2 Å². The molecule has 1 heterocycles. The molecule has 0 fully saturated rings. The first-order valence-electron chi connectivity index (χ1n) is 6.05. The minimum absolute atomic E-state index is 0.854. The van der Waals surface area contributed by atoms with Crippen LogP contribution in [0.2, 0.25) is 0 Å². The molecule has 3 rings (SSSR count). The molecular formula is C15H15NO. The first-order valence-corrected chi connectivity index (χ1v) is 6.05. The average molecular weight is 225 g/mol. The Morgan fingerprint density at radius 1 is 1.06 bits per heavy atom. The minimum Gasteiger partial charge on any atom is -0.455 e. The summed E-state index contributed by atoms with van der Waals surface area (Å²) in [6.45, 7) is 1.97. The summed E-state index contributed by atoms with van der Waals surface area (Å²) in [5.41, 5.74) is 3.74. The highest BCUT2D eigenvalue weighted by atomic mass is 16.5. The summed E-state index contributed by atoms with van der Waals surface area (Å²) in [5.74, 6) is 1.85. The van der Waals surface area contributed by atoms with E-state index < -0.39 is 0 Å². The molecule has 1 aromatic carbocycles. The summed E-state index contributed by atoms with van der Waals surface area (Å²) in [6.07, 6.45) is 5.34. The van der Waals surface area contributed by atoms with Gasteiger partial charge in [0.25, 0.3) is 0 Å². The second kappa shape index (κ2) is 4.21. The van der Waals surface area contributed by atoms with E-state index in [9.17, 15) is 0 Å². The second-order valence-corrected chi connectivity index (χ2v) is 4.44. The second-order valence-electron chi connectivity index (χ2n) is 4.44. The fourth-order valence-corrected chi connectivity index (χ4v) is 2.38. The summed E-state index contributed by atoms with van der Waals surface area (Å²) in [7, 11) is 0. The molecule has 0 radical (unpaired) electrons. The van der Waals surface area contributed by atoms with Gasteiger partial charge in [-0.2, -0.15) is 0 Å². The monoisotopic (exact) mass is 225 g/mol. The van der Waals surface area contributed by atoms with Crippen LogP contribution in [0.4, 0.5) is 0 Å². The van der Waals surface area contributed by atoms with E-state index in [0.717, 1.165) is 23.6 Å². The highest BCUT2D eigenvalue weighted by molar-refractivity contribution is 5.45. The Labute approximate surface area is 101 Å². The van der Waals surface area contributed by atoms with Gasteiger partial charge in [-0.05, 0) is 55.5 Å². The third-order valence-corrected chi connectivity index (χ3v) is 3.28. The van der Waals surface area contributed by atoms with Gasteiger partial charge < -0.3 is 4.74 Å². The molecule has 1 aliphatic rings. The fraction of sp³-hybridized carbons (Fsp3) is 0.267. The molecule has 0 saturated carbocycles. The molecular weight excluding hydrogens is 210 g/mol. The molecule has 0 spiro atoms. The number of fused-ring (bicyclic) bond motifs is 1. The lowest BCUT2D eigenvalue weighted by molar-refractivity contribution is 0.470. The third kappa shape index (κ3) is 1.91. The van der Waals surface area contributed by atoms with Gasteiger partial charge in [-0.25, -0.2) is 0 Å². The molecule has 0 unspecified atom stereocenters. The molecule has 2 aromatic rings. The largest absolute Gasteiger partial charge is 0.455 e. The van der Waals surface area contributed by atoms with E-state index in [1.165, 1.54) is 24.0 Å². The predicted octanol–water partition coefficient (Wildman–Crippen LogP) is 3.67. The molecule has 0 atom stereocenters. The van der Waals surface area contributed by atoms with E-state index >= 15 is 0 Å². The third-order valence-electron chi connectivity index (χ3n) is 3.28. The first-order chi connectivity index (χ1) is 8.34. The Morgan fingerprint density at radius 3 is 2.82 bits per heavy atom. The van der Waals surface area contributed by atoms with Crippen molar-refractivity contribution in [3.05, 3.63) is 53.3 Å². The Balaban J connectivity index is 1.97. The summed E-state index contributed by atoms with van der Waals surface area (Å²) < 4.78 is 5.99. The number of hydrogen-bond donors (Lipinski definition) is 0. The van der Waals surface area contributed by atoms with Crippen molar-refractivity contribution >= 4 is 0 Å². The van der Waals surface area contributed by atoms with Gasteiger partial charge in [0, 0.05) is 6.20 Å². The standard InChI is InChI=1S/C15H15NO/c1-11-14(9-4-10-16-11)17-15-8-3-6-12-5-2-7-13(12)15/h3-4,6,8-10H,2,5,7H2,1H3. The van der Waals surface area contributed by atoms with Gasteiger partial charge in [-0.3, -0.25) is 4.98 Å². The lowest BCUT2D eigenvalue weighted by Crippen LogP contribution is -1.93. The topological polar surface area (TPSA) is 22.1 Å². The van der Waals surface area contributed by atoms with Crippen molar-refractivity contribution in [3.63, 3.8) is 0 Å². The van der Waals surface area contributed by atoms with Gasteiger partial charge >= 0.3 is 0 Å². The molecule has 2 heteroatoms. The van der Waals surface area contributed by atoms with E-state index in [1.54, 1.807) is 6.20 Å². The number of hydrogen-bond acceptors (Lipinski definition) is 2. The van der Waals surface area contributed by atoms with Crippen molar-refractivity contribution in [2.24, 2.45) is 0 Å². The number of ether oxygens (including phenoxy) is 1. The number of aryl methyl sites for hydroxylation is 2. The van der Waals surface area contributed by atoms with Gasteiger partial charge in [0.05, 0.1) is 5.69 Å². The zero-order valence-electron chi connectivity index (χ0n) is 9.94. The van der Waals surface area contributed by atoms with Crippen molar-refractivity contribution < 1.29 is 4.74 Å². The van der Waals surface area contributed by atoms with Crippen LogP contribution in [-0.4, -0.2) is 4.98 Å². The van der Waals surface area contributed by atoms with Crippen molar-refractivity contribution in [2.75, 3.05) is 0 Å². The van der Waals surface area contributed by atoms with Crippen LogP contribution in [0, 0.1) is 6.92 Å². The van der Waals surface area contributed by atoms with E-state index in [1.807, 2.05) is 19.1 Å². The van der Waals surface area contributed by atoms with E-state index in [0.29, 0.717) is 0 Å². The number of benzene rings is 1. The average Bonchev–Trinajstić information content (AvgIpc) is 2.81. The maximum absolute atomic E-state index is 5.99. The van der Waals surface area contributed by atoms with Gasteiger partial charge in [0.15, 0.2) is 0 Å². The number of aromatic nitrogens is 1. The van der Waals surface area contributed by atoms with E-state index in [2.05, 4.69) is 23.2 Å². The molecule has 0 amide bonds. The molecule has 1 aliphatic carbocycles. The number of pyridine rings is 1. The predicted molar refractivity (Wildman–Crippen MR) is 67.5 cm³/mol. The summed E-state index contributed by atoms with van der Waals surface area (Å²) in [5, 5.41) is 0. The van der Waals surface area contributed by atoms with Crippen molar-refractivity contribution in [1.82, 2.24) is 4.98 Å². The summed E-state index contributed by atoms with van der Waals surface area (Å²) in [4.78, 5) is 4.24. The first kappa shape index (κ1) is 10.3. The zero-order valence-corrected chi connectivity index (χ0v) is 9.94. The summed E-state index contributed by atoms with van der Waals surface area (Å²) in [6, 6.07) is 10.2. The molecule has 0 saturated heterocycles. The van der Waals surface area contributed by atoms with Crippen LogP contribution in [0.5, 0.6) is 11.5 Å². The molecule has 0 aliphatic heterocycles. The van der Waals surface area contributed by atoms with Gasteiger partial charge in [0.1, 0.15) is 11.5 Å². The molecule has 0 N–H and O–H groups in total. The van der Waals surface area contributed by atoms with Gasteiger partial charge in [-0.15, -0.1) is 0 Å². The molecule has 2 nitrogen and oxygen atoms in total. The quantitative estimate of drug-likeness (QED) is 0.778. The maximum atomic E-state index is 5.99. The van der Waals surface area contributed by atoms with Crippen molar-refractivity contribution in [1.29, 1.82) is 0 Å². The van der Waals surface area contributed by atoms with Gasteiger partial charge in [0.2, 0.25) is 0 Å². The molecule has 86 valence electrons. The number of nitrogens with zero attached hydrogens (tertiary/aromatic N) is 1. The fourth-order valence-electron chi connectivity index (χ4n) is 2.38. The Kier molecular flexibility index (Phi) is 2.56. The Bertz CT molecular complexity index is 548.